The smallest absolute Gasteiger partial charge is 0.263 e. The van der Waals surface area contributed by atoms with Crippen LogP contribution in [0, 0.1) is 5.92 Å². The van der Waals surface area contributed by atoms with Gasteiger partial charge in [-0.15, -0.1) is 0 Å². The van der Waals surface area contributed by atoms with E-state index in [2.05, 4.69) is 53.4 Å². The van der Waals surface area contributed by atoms with Crippen LogP contribution in [-0.2, 0) is 22.7 Å². The number of hydrogen-bond acceptors (Lipinski definition) is 3. The maximum absolute atomic E-state index is 13.1. The van der Waals surface area contributed by atoms with Crippen molar-refractivity contribution in [2.45, 2.75) is 44.8 Å². The van der Waals surface area contributed by atoms with E-state index in [0.29, 0.717) is 5.92 Å². The molecule has 0 N–H and O–H groups in total. The Labute approximate surface area is 162 Å². The summed E-state index contributed by atoms with van der Waals surface area (Å²) in [4.78, 5) is 20.7. The van der Waals surface area contributed by atoms with Crippen molar-refractivity contribution in [3.05, 3.63) is 71.8 Å². The summed E-state index contributed by atoms with van der Waals surface area (Å²) in [5, 5.41) is 1.38. The highest BCUT2D eigenvalue weighted by atomic mass is 16.7. The quantitative estimate of drug-likeness (QED) is 0.622. The average Bonchev–Trinajstić information content (AvgIpc) is 2.67. The molecule has 3 rings (SSSR count). The summed E-state index contributed by atoms with van der Waals surface area (Å²) in [5.41, 5.74) is 2.44. The molecule has 1 aliphatic rings. The maximum atomic E-state index is 13.1. The highest BCUT2D eigenvalue weighted by Crippen LogP contribution is 2.33. The molecule has 0 aliphatic heterocycles. The van der Waals surface area contributed by atoms with Crippen LogP contribution in [0.1, 0.15) is 36.8 Å². The second kappa shape index (κ2) is 9.67. The zero-order valence-electron chi connectivity index (χ0n) is 16.4. The lowest BCUT2D eigenvalue weighted by Crippen LogP contribution is -2.48. The van der Waals surface area contributed by atoms with Gasteiger partial charge in [-0.3, -0.25) is 14.5 Å². The van der Waals surface area contributed by atoms with Gasteiger partial charge in [0.05, 0.1) is 13.2 Å². The van der Waals surface area contributed by atoms with Gasteiger partial charge < -0.3 is 0 Å². The Morgan fingerprint density at radius 2 is 1.52 bits per heavy atom. The van der Waals surface area contributed by atoms with E-state index in [4.69, 9.17) is 4.84 Å². The predicted molar refractivity (Wildman–Crippen MR) is 108 cm³/mol. The molecule has 4 heteroatoms. The lowest BCUT2D eigenvalue weighted by atomic mass is 9.80. The van der Waals surface area contributed by atoms with Crippen molar-refractivity contribution in [3.63, 3.8) is 0 Å². The van der Waals surface area contributed by atoms with E-state index in [0.717, 1.165) is 19.5 Å². The molecule has 1 fully saturated rings. The van der Waals surface area contributed by atoms with E-state index in [-0.39, 0.29) is 11.9 Å². The van der Waals surface area contributed by atoms with Gasteiger partial charge in [-0.1, -0.05) is 79.9 Å². The van der Waals surface area contributed by atoms with Crippen LogP contribution in [0.4, 0.5) is 0 Å². The molecular weight excluding hydrogens is 336 g/mol. The second-order valence-electron chi connectivity index (χ2n) is 7.44. The molecule has 0 spiro atoms. The summed E-state index contributed by atoms with van der Waals surface area (Å²) in [6.45, 7) is 1.49. The molecule has 0 heterocycles. The number of nitrogens with zero attached hydrogens (tertiary/aromatic N) is 2. The number of hydroxylamine groups is 2. The Kier molecular flexibility index (Phi) is 7.02. The monoisotopic (exact) mass is 366 g/mol. The van der Waals surface area contributed by atoms with Crippen molar-refractivity contribution in [1.29, 1.82) is 0 Å². The lowest BCUT2D eigenvalue weighted by molar-refractivity contribution is -0.176. The standard InChI is InChI=1S/C23H30N2O2/c1-24(27-2)23(26)22(16-19-14-9-15-19)25(17-20-10-5-3-6-11-20)18-21-12-7-4-8-13-21/h3-8,10-13,19,22H,9,14-18H2,1-2H3/t22-/m0/s1. The minimum Gasteiger partial charge on any atom is -0.283 e. The van der Waals surface area contributed by atoms with Crippen LogP contribution in [0.3, 0.4) is 0 Å². The number of carbonyl (C=O) groups is 1. The van der Waals surface area contributed by atoms with Crippen LogP contribution in [0.15, 0.2) is 60.7 Å². The van der Waals surface area contributed by atoms with Gasteiger partial charge >= 0.3 is 0 Å². The molecule has 1 saturated carbocycles. The third-order valence-corrected chi connectivity index (χ3v) is 5.55. The Balaban J connectivity index is 1.85. The van der Waals surface area contributed by atoms with E-state index < -0.39 is 0 Å². The first-order chi connectivity index (χ1) is 13.2. The van der Waals surface area contributed by atoms with E-state index in [1.807, 2.05) is 12.1 Å². The topological polar surface area (TPSA) is 32.8 Å². The van der Waals surface area contributed by atoms with Crippen LogP contribution in [0.2, 0.25) is 0 Å². The number of likely N-dealkylation sites (N-methyl/N-ethyl adjacent to an activating group) is 1. The van der Waals surface area contributed by atoms with E-state index in [1.54, 1.807) is 14.2 Å². The predicted octanol–water partition coefficient (Wildman–Crippen LogP) is 4.27. The first kappa shape index (κ1) is 19.6. The lowest BCUT2D eigenvalue weighted by Gasteiger charge is -2.37. The van der Waals surface area contributed by atoms with Gasteiger partial charge in [-0.25, -0.2) is 5.06 Å². The fourth-order valence-electron chi connectivity index (χ4n) is 3.66. The Bertz CT molecular complexity index is 659. The number of hydrogen-bond donors (Lipinski definition) is 0. The van der Waals surface area contributed by atoms with E-state index in [1.165, 1.54) is 35.5 Å². The first-order valence-corrected chi connectivity index (χ1v) is 9.81. The zero-order valence-corrected chi connectivity index (χ0v) is 16.4. The van der Waals surface area contributed by atoms with Gasteiger partial charge in [-0.05, 0) is 23.5 Å². The maximum Gasteiger partial charge on any atom is 0.263 e. The summed E-state index contributed by atoms with van der Waals surface area (Å²) in [7, 11) is 3.26. The molecule has 0 unspecified atom stereocenters. The molecule has 0 radical (unpaired) electrons. The molecule has 2 aromatic rings. The Hall–Kier alpha value is -2.17. The summed E-state index contributed by atoms with van der Waals surface area (Å²) in [6, 6.07) is 20.6. The molecule has 4 nitrogen and oxygen atoms in total. The van der Waals surface area contributed by atoms with Gasteiger partial charge in [0, 0.05) is 20.1 Å². The third-order valence-electron chi connectivity index (χ3n) is 5.55. The van der Waals surface area contributed by atoms with Gasteiger partial charge in [-0.2, -0.15) is 0 Å². The Morgan fingerprint density at radius 1 is 1.00 bits per heavy atom. The van der Waals surface area contributed by atoms with Gasteiger partial charge in [0.1, 0.15) is 0 Å². The van der Waals surface area contributed by atoms with Crippen LogP contribution in [-0.4, -0.2) is 36.1 Å². The Morgan fingerprint density at radius 3 is 1.93 bits per heavy atom. The van der Waals surface area contributed by atoms with Crippen molar-refractivity contribution < 1.29 is 9.63 Å². The van der Waals surface area contributed by atoms with Crippen LogP contribution in [0.25, 0.3) is 0 Å². The molecule has 1 atom stereocenters. The largest absolute Gasteiger partial charge is 0.283 e. The number of benzene rings is 2. The summed E-state index contributed by atoms with van der Waals surface area (Å²) < 4.78 is 0. The normalized spacial score (nSPS) is 15.4. The van der Waals surface area contributed by atoms with Crippen molar-refractivity contribution in [2.24, 2.45) is 5.92 Å². The van der Waals surface area contributed by atoms with Gasteiger partial charge in [0.25, 0.3) is 5.91 Å². The van der Waals surface area contributed by atoms with Crippen molar-refractivity contribution in [2.75, 3.05) is 14.2 Å². The number of rotatable bonds is 9. The molecule has 0 saturated heterocycles. The molecule has 144 valence electrons. The molecule has 27 heavy (non-hydrogen) atoms. The molecule has 1 aliphatic carbocycles. The first-order valence-electron chi connectivity index (χ1n) is 9.81. The van der Waals surface area contributed by atoms with Gasteiger partial charge in [0.2, 0.25) is 0 Å². The fourth-order valence-corrected chi connectivity index (χ4v) is 3.66. The zero-order chi connectivity index (χ0) is 19.1. The van der Waals surface area contributed by atoms with E-state index in [9.17, 15) is 4.79 Å². The SMILES string of the molecule is CON(C)C(=O)[C@H](CC1CCC1)N(Cc1ccccc1)Cc1ccccc1. The fraction of sp³-hybridized carbons (Fsp3) is 0.435. The molecule has 1 amide bonds. The third kappa shape index (κ3) is 5.41. The minimum atomic E-state index is -0.180. The summed E-state index contributed by atoms with van der Waals surface area (Å²) >= 11 is 0. The van der Waals surface area contributed by atoms with Crippen LogP contribution < -0.4 is 0 Å². The van der Waals surface area contributed by atoms with Crippen LogP contribution >= 0.6 is 0 Å². The van der Waals surface area contributed by atoms with Crippen molar-refractivity contribution >= 4 is 5.91 Å². The van der Waals surface area contributed by atoms with Crippen molar-refractivity contribution in [1.82, 2.24) is 9.96 Å². The number of amides is 1. The second-order valence-corrected chi connectivity index (χ2v) is 7.44. The summed E-state index contributed by atoms with van der Waals surface area (Å²) in [6.07, 6.45) is 4.63. The molecule has 0 aromatic heterocycles. The number of carbonyl (C=O) groups excluding carboxylic acids is 1. The molecule has 2 aromatic carbocycles. The van der Waals surface area contributed by atoms with Crippen molar-refractivity contribution in [3.8, 4) is 0 Å². The van der Waals surface area contributed by atoms with Crippen LogP contribution in [0.5, 0.6) is 0 Å². The average molecular weight is 367 g/mol. The van der Waals surface area contributed by atoms with Gasteiger partial charge in [0.15, 0.2) is 0 Å². The molecule has 0 bridgehead atoms. The highest BCUT2D eigenvalue weighted by molar-refractivity contribution is 5.80. The minimum absolute atomic E-state index is 0.0382. The van der Waals surface area contributed by atoms with E-state index >= 15 is 0 Å². The highest BCUT2D eigenvalue weighted by Gasteiger charge is 2.33. The summed E-state index contributed by atoms with van der Waals surface area (Å²) in [5.74, 6) is 0.675. The molecular formula is C23H30N2O2.